The van der Waals surface area contributed by atoms with Gasteiger partial charge in [0.1, 0.15) is 23.1 Å². The van der Waals surface area contributed by atoms with Crippen LogP contribution >= 0.6 is 11.8 Å². The van der Waals surface area contributed by atoms with Crippen LogP contribution in [-0.4, -0.2) is 41.3 Å². The fraction of sp³-hybridized carbons (Fsp3) is 0.273. The maximum atomic E-state index is 5.79. The van der Waals surface area contributed by atoms with E-state index in [0.29, 0.717) is 19.6 Å². The lowest BCUT2D eigenvalue weighted by Crippen LogP contribution is -2.06. The molecule has 0 bridgehead atoms. The smallest absolute Gasteiger partial charge is 0.191 e. The van der Waals surface area contributed by atoms with Crippen molar-refractivity contribution in [1.29, 1.82) is 0 Å². The lowest BCUT2D eigenvalue weighted by molar-refractivity contribution is 0.342. The molecule has 0 aliphatic rings. The monoisotopic (exact) mass is 411 g/mol. The Kier molecular flexibility index (Phi) is 7.58. The molecule has 3 aromatic rings. The van der Waals surface area contributed by atoms with Crippen LogP contribution in [0, 0.1) is 0 Å². The van der Waals surface area contributed by atoms with Gasteiger partial charge in [-0.1, -0.05) is 30.0 Å². The summed E-state index contributed by atoms with van der Waals surface area (Å²) in [6.45, 7) is 5.10. The predicted molar refractivity (Wildman–Crippen MR) is 115 cm³/mol. The summed E-state index contributed by atoms with van der Waals surface area (Å²) >= 11 is 1.62. The normalized spacial score (nSPS) is 10.6. The Hall–Kier alpha value is -2.93. The molecule has 0 aliphatic heterocycles. The van der Waals surface area contributed by atoms with E-state index in [1.54, 1.807) is 26.0 Å². The molecule has 0 fully saturated rings. The van der Waals surface area contributed by atoms with Crippen molar-refractivity contribution in [2.24, 2.45) is 0 Å². The van der Waals surface area contributed by atoms with Crippen LogP contribution in [0.15, 0.2) is 66.3 Å². The molecule has 1 heterocycles. The third kappa shape index (κ3) is 5.77. The molecule has 0 aliphatic carbocycles. The van der Waals surface area contributed by atoms with Crippen molar-refractivity contribution in [2.45, 2.75) is 18.1 Å². The minimum Gasteiger partial charge on any atom is -0.497 e. The van der Waals surface area contributed by atoms with Crippen LogP contribution in [0.1, 0.15) is 11.4 Å². The summed E-state index contributed by atoms with van der Waals surface area (Å²) in [4.78, 5) is 0. The first-order valence-electron chi connectivity index (χ1n) is 9.29. The number of hydrogen-bond donors (Lipinski definition) is 0. The van der Waals surface area contributed by atoms with E-state index in [2.05, 4.69) is 21.3 Å². The van der Waals surface area contributed by atoms with Crippen LogP contribution in [0.2, 0.25) is 0 Å². The Morgan fingerprint density at radius 2 is 1.55 bits per heavy atom. The maximum absolute atomic E-state index is 5.79. The molecule has 0 N–H and O–H groups in total. The highest BCUT2D eigenvalue weighted by atomic mass is 32.2. The maximum Gasteiger partial charge on any atom is 0.191 e. The van der Waals surface area contributed by atoms with Gasteiger partial charge >= 0.3 is 0 Å². The highest BCUT2D eigenvalue weighted by Crippen LogP contribution is 2.21. The molecule has 2 aromatic carbocycles. The first kappa shape index (κ1) is 20.8. The van der Waals surface area contributed by atoms with Crippen molar-refractivity contribution in [3.63, 3.8) is 0 Å². The molecule has 7 heteroatoms. The van der Waals surface area contributed by atoms with Crippen molar-refractivity contribution in [3.05, 3.63) is 72.6 Å². The summed E-state index contributed by atoms with van der Waals surface area (Å²) < 4.78 is 18.2. The van der Waals surface area contributed by atoms with Crippen molar-refractivity contribution in [1.82, 2.24) is 14.8 Å². The summed E-state index contributed by atoms with van der Waals surface area (Å²) in [5.74, 6) is 4.15. The van der Waals surface area contributed by atoms with Crippen molar-refractivity contribution in [2.75, 3.05) is 26.6 Å². The first-order valence-corrected chi connectivity index (χ1v) is 10.3. The summed E-state index contributed by atoms with van der Waals surface area (Å²) in [7, 11) is 3.31. The van der Waals surface area contributed by atoms with Gasteiger partial charge in [0.05, 0.1) is 20.8 Å². The molecule has 1 aromatic heterocycles. The summed E-state index contributed by atoms with van der Waals surface area (Å²) in [5, 5.41) is 9.62. The second kappa shape index (κ2) is 10.6. The van der Waals surface area contributed by atoms with Crippen molar-refractivity contribution in [3.8, 4) is 17.2 Å². The summed E-state index contributed by atoms with van der Waals surface area (Å²) in [6.07, 6.45) is 2.56. The second-order valence-corrected chi connectivity index (χ2v) is 7.26. The topological polar surface area (TPSA) is 58.4 Å². The number of methoxy groups -OCH3 is 2. The van der Waals surface area contributed by atoms with Crippen molar-refractivity contribution < 1.29 is 14.2 Å². The number of ether oxygens (including phenoxy) is 3. The van der Waals surface area contributed by atoms with E-state index in [1.807, 2.05) is 54.6 Å². The van der Waals surface area contributed by atoms with Crippen LogP contribution < -0.4 is 14.2 Å². The molecule has 0 saturated carbocycles. The average molecular weight is 412 g/mol. The van der Waals surface area contributed by atoms with Gasteiger partial charge in [-0.2, -0.15) is 0 Å². The molecule has 29 heavy (non-hydrogen) atoms. The van der Waals surface area contributed by atoms with Gasteiger partial charge in [-0.05, 0) is 42.0 Å². The molecule has 0 amide bonds. The van der Waals surface area contributed by atoms with Gasteiger partial charge in [0, 0.05) is 18.7 Å². The van der Waals surface area contributed by atoms with Crippen LogP contribution in [0.5, 0.6) is 17.2 Å². The molecule has 152 valence electrons. The molecule has 0 radical (unpaired) electrons. The largest absolute Gasteiger partial charge is 0.497 e. The number of aromatic nitrogens is 3. The van der Waals surface area contributed by atoms with Gasteiger partial charge in [-0.25, -0.2) is 0 Å². The lowest BCUT2D eigenvalue weighted by atomic mass is 10.1. The Bertz CT molecular complexity index is 908. The molecular formula is C22H25N3O3S. The molecule has 3 rings (SSSR count). The average Bonchev–Trinajstić information content (AvgIpc) is 3.13. The SMILES string of the molecule is C=CCn1c(Cc2ccc(OC)cc2)nnc1SCCOc1ccc(OC)cc1. The Balaban J connectivity index is 1.57. The highest BCUT2D eigenvalue weighted by molar-refractivity contribution is 7.99. The fourth-order valence-electron chi connectivity index (χ4n) is 2.76. The predicted octanol–water partition coefficient (Wildman–Crippen LogP) is 4.24. The Labute approximate surface area is 175 Å². The highest BCUT2D eigenvalue weighted by Gasteiger charge is 2.12. The van der Waals surface area contributed by atoms with E-state index >= 15 is 0 Å². The molecule has 0 saturated heterocycles. The van der Waals surface area contributed by atoms with Crippen molar-refractivity contribution >= 4 is 11.8 Å². The first-order chi connectivity index (χ1) is 14.2. The van der Waals surface area contributed by atoms with Gasteiger partial charge < -0.3 is 18.8 Å². The number of benzene rings is 2. The summed E-state index contributed by atoms with van der Waals surface area (Å²) in [5.41, 5.74) is 1.16. The van der Waals surface area contributed by atoms with Crippen LogP contribution in [0.3, 0.4) is 0 Å². The van der Waals surface area contributed by atoms with Gasteiger partial charge in [-0.3, -0.25) is 0 Å². The minimum absolute atomic E-state index is 0.575. The molecule has 0 unspecified atom stereocenters. The van der Waals surface area contributed by atoms with Gasteiger partial charge in [-0.15, -0.1) is 16.8 Å². The third-order valence-electron chi connectivity index (χ3n) is 4.27. The summed E-state index contributed by atoms with van der Waals surface area (Å²) in [6, 6.07) is 15.6. The Morgan fingerprint density at radius 3 is 2.17 bits per heavy atom. The zero-order valence-corrected chi connectivity index (χ0v) is 17.5. The number of rotatable bonds is 11. The minimum atomic E-state index is 0.575. The van der Waals surface area contributed by atoms with E-state index in [-0.39, 0.29) is 0 Å². The second-order valence-electron chi connectivity index (χ2n) is 6.20. The van der Waals surface area contributed by atoms with E-state index in [9.17, 15) is 0 Å². The zero-order chi connectivity index (χ0) is 20.5. The van der Waals surface area contributed by atoms with Crippen LogP contribution in [-0.2, 0) is 13.0 Å². The number of nitrogens with zero attached hydrogens (tertiary/aromatic N) is 3. The van der Waals surface area contributed by atoms with E-state index in [0.717, 1.165) is 39.5 Å². The number of allylic oxidation sites excluding steroid dienone is 1. The molecule has 0 atom stereocenters. The standard InChI is InChI=1S/C22H25N3O3S/c1-4-13-25-21(16-17-5-7-18(26-2)8-6-17)23-24-22(25)29-15-14-28-20-11-9-19(27-3)10-12-20/h4-12H,1,13-16H2,2-3H3. The van der Waals surface area contributed by atoms with Gasteiger partial charge in [0.25, 0.3) is 0 Å². The van der Waals surface area contributed by atoms with Crippen LogP contribution in [0.4, 0.5) is 0 Å². The molecular weight excluding hydrogens is 386 g/mol. The Morgan fingerprint density at radius 1 is 0.931 bits per heavy atom. The number of hydrogen-bond acceptors (Lipinski definition) is 6. The van der Waals surface area contributed by atoms with E-state index in [1.165, 1.54) is 0 Å². The van der Waals surface area contributed by atoms with E-state index < -0.39 is 0 Å². The zero-order valence-electron chi connectivity index (χ0n) is 16.7. The quantitative estimate of drug-likeness (QED) is 0.267. The third-order valence-corrected chi connectivity index (χ3v) is 5.20. The van der Waals surface area contributed by atoms with Crippen LogP contribution in [0.25, 0.3) is 0 Å². The molecule has 0 spiro atoms. The van der Waals surface area contributed by atoms with Gasteiger partial charge in [0.15, 0.2) is 5.16 Å². The fourth-order valence-corrected chi connectivity index (χ4v) is 3.54. The van der Waals surface area contributed by atoms with Gasteiger partial charge in [0.2, 0.25) is 0 Å². The lowest BCUT2D eigenvalue weighted by Gasteiger charge is -2.09. The number of thioether (sulfide) groups is 1. The van der Waals surface area contributed by atoms with E-state index in [4.69, 9.17) is 14.2 Å². The molecule has 6 nitrogen and oxygen atoms in total.